The average molecular weight is 506 g/mol. The first-order valence-electron chi connectivity index (χ1n) is 10.3. The molecule has 164 valence electrons. The number of halogens is 1. The van der Waals surface area contributed by atoms with Crippen LogP contribution in [-0.2, 0) is 14.3 Å². The van der Waals surface area contributed by atoms with Crippen molar-refractivity contribution >= 4 is 56.4 Å². The van der Waals surface area contributed by atoms with Crippen molar-refractivity contribution in [1.82, 2.24) is 5.32 Å². The molecule has 2 N–H and O–H groups in total. The largest absolute Gasteiger partial charge is 0.378 e. The predicted octanol–water partition coefficient (Wildman–Crippen LogP) is 3.95. The van der Waals surface area contributed by atoms with Gasteiger partial charge in [0.1, 0.15) is 5.54 Å². The SMILES string of the molecule is O=C(N[C@@]1(C(=O)Nc2ccc(N3CCCCCC3=O)cc2)CCOC1)c1ccc(Br)s1. The van der Waals surface area contributed by atoms with E-state index in [1.807, 2.05) is 17.0 Å². The molecular weight excluding hydrogens is 482 g/mol. The number of ether oxygens (including phenoxy) is 1. The normalized spacial score (nSPS) is 21.6. The maximum absolute atomic E-state index is 13.1. The molecule has 9 heteroatoms. The number of amides is 3. The Labute approximate surface area is 193 Å². The molecule has 1 aromatic heterocycles. The van der Waals surface area contributed by atoms with Gasteiger partial charge in [-0.05, 0) is 65.2 Å². The van der Waals surface area contributed by atoms with Crippen LogP contribution in [0, 0.1) is 0 Å². The number of benzene rings is 1. The standard InChI is InChI=1S/C22H24BrN3O4S/c23-18-10-9-17(31-18)20(28)25-22(11-13-30-14-22)21(29)24-15-5-7-16(8-6-15)26-12-3-1-2-4-19(26)27/h5-10H,1-4,11-14H2,(H,24,29)(H,25,28)/t22-/m0/s1. The summed E-state index contributed by atoms with van der Waals surface area (Å²) in [4.78, 5) is 40.4. The third kappa shape index (κ3) is 4.99. The van der Waals surface area contributed by atoms with Crippen LogP contribution in [0.4, 0.5) is 11.4 Å². The topological polar surface area (TPSA) is 87.7 Å². The van der Waals surface area contributed by atoms with Gasteiger partial charge in [0.05, 0.1) is 15.3 Å². The lowest BCUT2D eigenvalue weighted by Gasteiger charge is -2.27. The smallest absolute Gasteiger partial charge is 0.262 e. The lowest BCUT2D eigenvalue weighted by Crippen LogP contribution is -2.57. The van der Waals surface area contributed by atoms with Crippen molar-refractivity contribution in [2.45, 2.75) is 37.6 Å². The summed E-state index contributed by atoms with van der Waals surface area (Å²) in [5, 5.41) is 5.78. The van der Waals surface area contributed by atoms with Gasteiger partial charge < -0.3 is 20.3 Å². The molecule has 4 rings (SSSR count). The van der Waals surface area contributed by atoms with E-state index in [2.05, 4.69) is 26.6 Å². The highest BCUT2D eigenvalue weighted by molar-refractivity contribution is 9.11. The number of carbonyl (C=O) groups excluding carboxylic acids is 3. The molecule has 1 aromatic carbocycles. The van der Waals surface area contributed by atoms with Crippen LogP contribution in [0.5, 0.6) is 0 Å². The highest BCUT2D eigenvalue weighted by atomic mass is 79.9. The van der Waals surface area contributed by atoms with E-state index in [0.29, 0.717) is 30.0 Å². The number of anilines is 2. The zero-order valence-corrected chi connectivity index (χ0v) is 19.4. The fourth-order valence-corrected chi connectivity index (χ4v) is 5.13. The van der Waals surface area contributed by atoms with Crippen molar-refractivity contribution in [2.24, 2.45) is 0 Å². The summed E-state index contributed by atoms with van der Waals surface area (Å²) in [5.41, 5.74) is 0.322. The Hall–Kier alpha value is -2.23. The molecule has 2 saturated heterocycles. The van der Waals surface area contributed by atoms with E-state index in [-0.39, 0.29) is 24.3 Å². The minimum absolute atomic E-state index is 0.123. The number of hydrogen-bond acceptors (Lipinski definition) is 5. The predicted molar refractivity (Wildman–Crippen MR) is 124 cm³/mol. The van der Waals surface area contributed by atoms with Crippen molar-refractivity contribution in [2.75, 3.05) is 30.0 Å². The summed E-state index contributed by atoms with van der Waals surface area (Å²) in [6.45, 7) is 1.24. The van der Waals surface area contributed by atoms with Crippen molar-refractivity contribution in [3.63, 3.8) is 0 Å². The molecule has 0 unspecified atom stereocenters. The first kappa shape index (κ1) is 22.0. The summed E-state index contributed by atoms with van der Waals surface area (Å²) >= 11 is 4.66. The van der Waals surface area contributed by atoms with Crippen molar-refractivity contribution in [1.29, 1.82) is 0 Å². The summed E-state index contributed by atoms with van der Waals surface area (Å²) in [6, 6.07) is 10.8. The van der Waals surface area contributed by atoms with Gasteiger partial charge in [0.25, 0.3) is 11.8 Å². The van der Waals surface area contributed by atoms with Crippen LogP contribution in [0.15, 0.2) is 40.2 Å². The Morgan fingerprint density at radius 2 is 1.90 bits per heavy atom. The first-order chi connectivity index (χ1) is 15.0. The summed E-state index contributed by atoms with van der Waals surface area (Å²) in [7, 11) is 0. The summed E-state index contributed by atoms with van der Waals surface area (Å²) in [6.07, 6.45) is 3.96. The van der Waals surface area contributed by atoms with Gasteiger partial charge in [0.2, 0.25) is 5.91 Å². The second kappa shape index (κ2) is 9.50. The van der Waals surface area contributed by atoms with Gasteiger partial charge >= 0.3 is 0 Å². The Morgan fingerprint density at radius 3 is 2.58 bits per heavy atom. The van der Waals surface area contributed by atoms with Gasteiger partial charge in [-0.2, -0.15) is 0 Å². The second-order valence-corrected chi connectivity index (χ2v) is 10.3. The maximum atomic E-state index is 13.1. The first-order valence-corrected chi connectivity index (χ1v) is 12.0. The molecule has 7 nitrogen and oxygen atoms in total. The summed E-state index contributed by atoms with van der Waals surface area (Å²) < 4.78 is 6.31. The molecule has 0 bridgehead atoms. The molecule has 2 aliphatic rings. The summed E-state index contributed by atoms with van der Waals surface area (Å²) in [5.74, 6) is -0.474. The van der Waals surface area contributed by atoms with E-state index >= 15 is 0 Å². The fourth-order valence-electron chi connectivity index (χ4n) is 3.85. The Morgan fingerprint density at radius 1 is 1.10 bits per heavy atom. The van der Waals surface area contributed by atoms with Crippen molar-refractivity contribution in [3.05, 3.63) is 45.1 Å². The van der Waals surface area contributed by atoms with E-state index in [1.54, 1.807) is 24.3 Å². The van der Waals surface area contributed by atoms with E-state index < -0.39 is 5.54 Å². The Balaban J connectivity index is 1.45. The van der Waals surface area contributed by atoms with E-state index in [1.165, 1.54) is 11.3 Å². The van der Waals surface area contributed by atoms with Gasteiger partial charge in [0.15, 0.2) is 0 Å². The quantitative estimate of drug-likeness (QED) is 0.643. The Bertz CT molecular complexity index is 969. The fraction of sp³-hybridized carbons (Fsp3) is 0.409. The average Bonchev–Trinajstić information content (AvgIpc) is 3.36. The van der Waals surface area contributed by atoms with Crippen molar-refractivity contribution < 1.29 is 19.1 Å². The molecule has 1 atom stereocenters. The number of hydrogen-bond donors (Lipinski definition) is 2. The zero-order chi connectivity index (χ0) is 21.8. The highest BCUT2D eigenvalue weighted by Gasteiger charge is 2.44. The third-order valence-electron chi connectivity index (χ3n) is 5.62. The number of nitrogens with zero attached hydrogens (tertiary/aromatic N) is 1. The minimum atomic E-state index is -1.12. The van der Waals surface area contributed by atoms with Gasteiger partial charge in [-0.15, -0.1) is 11.3 Å². The lowest BCUT2D eigenvalue weighted by molar-refractivity contribution is -0.122. The molecule has 2 fully saturated rings. The van der Waals surface area contributed by atoms with Crippen LogP contribution in [0.25, 0.3) is 0 Å². The van der Waals surface area contributed by atoms with Crippen LogP contribution in [-0.4, -0.2) is 43.0 Å². The van der Waals surface area contributed by atoms with E-state index in [4.69, 9.17) is 4.74 Å². The zero-order valence-electron chi connectivity index (χ0n) is 17.0. The third-order valence-corrected chi connectivity index (χ3v) is 7.24. The molecule has 2 aliphatic heterocycles. The Kier molecular flexibility index (Phi) is 6.74. The molecule has 2 aromatic rings. The monoisotopic (exact) mass is 505 g/mol. The van der Waals surface area contributed by atoms with Crippen molar-refractivity contribution in [3.8, 4) is 0 Å². The molecule has 0 saturated carbocycles. The van der Waals surface area contributed by atoms with E-state index in [9.17, 15) is 14.4 Å². The van der Waals surface area contributed by atoms with Gasteiger partial charge in [-0.1, -0.05) is 6.42 Å². The highest BCUT2D eigenvalue weighted by Crippen LogP contribution is 2.27. The van der Waals surface area contributed by atoms with Crippen LogP contribution in [0.3, 0.4) is 0 Å². The van der Waals surface area contributed by atoms with E-state index in [0.717, 1.165) is 35.3 Å². The van der Waals surface area contributed by atoms with Crippen LogP contribution >= 0.6 is 27.3 Å². The number of rotatable bonds is 5. The van der Waals surface area contributed by atoms with Gasteiger partial charge in [0, 0.05) is 37.4 Å². The second-order valence-electron chi connectivity index (χ2n) is 7.80. The van der Waals surface area contributed by atoms with Gasteiger partial charge in [-0.3, -0.25) is 14.4 Å². The lowest BCUT2D eigenvalue weighted by atomic mass is 9.97. The molecule has 0 spiro atoms. The van der Waals surface area contributed by atoms with Crippen LogP contribution < -0.4 is 15.5 Å². The number of thiophene rings is 1. The van der Waals surface area contributed by atoms with Gasteiger partial charge in [-0.25, -0.2) is 0 Å². The van der Waals surface area contributed by atoms with Crippen LogP contribution in [0.1, 0.15) is 41.8 Å². The minimum Gasteiger partial charge on any atom is -0.378 e. The van der Waals surface area contributed by atoms with Crippen LogP contribution in [0.2, 0.25) is 0 Å². The number of nitrogens with one attached hydrogen (secondary N) is 2. The molecular formula is C22H24BrN3O4S. The number of carbonyl (C=O) groups is 3. The molecule has 0 aliphatic carbocycles. The molecule has 31 heavy (non-hydrogen) atoms. The molecule has 0 radical (unpaired) electrons. The molecule has 3 amide bonds. The maximum Gasteiger partial charge on any atom is 0.262 e. The molecule has 3 heterocycles.